The maximum atomic E-state index is 5.29. The monoisotopic (exact) mass is 273 g/mol. The van der Waals surface area contributed by atoms with Gasteiger partial charge in [0.05, 0.1) is 14.2 Å². The summed E-state index contributed by atoms with van der Waals surface area (Å²) in [6, 6.07) is 5.67. The first kappa shape index (κ1) is 14.1. The highest BCUT2D eigenvalue weighted by Gasteiger charge is 2.10. The molecule has 0 radical (unpaired) electrons. The molecule has 0 atom stereocenters. The van der Waals surface area contributed by atoms with Crippen molar-refractivity contribution >= 4 is 5.82 Å². The maximum Gasteiger partial charge on any atom is 0.152 e. The summed E-state index contributed by atoms with van der Waals surface area (Å²) >= 11 is 0. The molecule has 5 heteroatoms. The molecule has 0 amide bonds. The molecule has 2 rings (SSSR count). The quantitative estimate of drug-likeness (QED) is 0.876. The molecule has 1 aromatic heterocycles. The van der Waals surface area contributed by atoms with Gasteiger partial charge in [-0.25, -0.2) is 4.98 Å². The van der Waals surface area contributed by atoms with Crippen molar-refractivity contribution in [3.63, 3.8) is 0 Å². The van der Waals surface area contributed by atoms with Crippen LogP contribution in [0.5, 0.6) is 11.5 Å². The number of nitrogens with zero attached hydrogens (tertiary/aromatic N) is 2. The van der Waals surface area contributed by atoms with Gasteiger partial charge in [0.25, 0.3) is 0 Å². The number of aromatic nitrogens is 2. The molecule has 106 valence electrons. The molecule has 0 aliphatic carbocycles. The third kappa shape index (κ3) is 3.17. The van der Waals surface area contributed by atoms with Crippen LogP contribution in [-0.4, -0.2) is 30.7 Å². The zero-order valence-corrected chi connectivity index (χ0v) is 12.0. The second-order valence-electron chi connectivity index (χ2n) is 4.28. The number of benzene rings is 1. The van der Waals surface area contributed by atoms with Crippen molar-refractivity contribution in [2.75, 3.05) is 26.1 Å². The zero-order chi connectivity index (χ0) is 14.4. The molecule has 2 aromatic rings. The van der Waals surface area contributed by atoms with Crippen molar-refractivity contribution in [3.05, 3.63) is 30.6 Å². The molecular weight excluding hydrogens is 254 g/mol. The molecule has 0 spiro atoms. The Morgan fingerprint density at radius 1 is 1.00 bits per heavy atom. The van der Waals surface area contributed by atoms with Crippen LogP contribution in [0.25, 0.3) is 11.3 Å². The largest absolute Gasteiger partial charge is 0.497 e. The van der Waals surface area contributed by atoms with Gasteiger partial charge < -0.3 is 14.8 Å². The average molecular weight is 273 g/mol. The van der Waals surface area contributed by atoms with Crippen molar-refractivity contribution in [2.45, 2.75) is 13.3 Å². The summed E-state index contributed by atoms with van der Waals surface area (Å²) in [6.07, 6.45) is 4.38. The Morgan fingerprint density at radius 3 is 2.25 bits per heavy atom. The van der Waals surface area contributed by atoms with E-state index in [0.717, 1.165) is 41.5 Å². The predicted octanol–water partition coefficient (Wildman–Crippen LogP) is 2.98. The van der Waals surface area contributed by atoms with Crippen LogP contribution in [0.1, 0.15) is 13.3 Å². The van der Waals surface area contributed by atoms with E-state index < -0.39 is 0 Å². The third-order valence-electron chi connectivity index (χ3n) is 2.87. The van der Waals surface area contributed by atoms with Crippen LogP contribution in [0.2, 0.25) is 0 Å². The van der Waals surface area contributed by atoms with E-state index >= 15 is 0 Å². The molecular formula is C15H19N3O2. The first-order valence-electron chi connectivity index (χ1n) is 6.56. The number of methoxy groups -OCH3 is 2. The topological polar surface area (TPSA) is 56.3 Å². The Bertz CT molecular complexity index is 551. The Morgan fingerprint density at radius 2 is 1.65 bits per heavy atom. The number of hydrogen-bond acceptors (Lipinski definition) is 5. The molecule has 1 N–H and O–H groups in total. The summed E-state index contributed by atoms with van der Waals surface area (Å²) in [5.41, 5.74) is 1.70. The molecule has 0 aliphatic rings. The van der Waals surface area contributed by atoms with Crippen molar-refractivity contribution in [1.29, 1.82) is 0 Å². The van der Waals surface area contributed by atoms with E-state index in [1.54, 1.807) is 26.6 Å². The van der Waals surface area contributed by atoms with Crippen LogP contribution >= 0.6 is 0 Å². The molecule has 5 nitrogen and oxygen atoms in total. The summed E-state index contributed by atoms with van der Waals surface area (Å²) in [7, 11) is 3.26. The normalized spacial score (nSPS) is 10.2. The lowest BCUT2D eigenvalue weighted by atomic mass is 10.1. The molecule has 0 saturated carbocycles. The molecule has 1 aromatic carbocycles. The van der Waals surface area contributed by atoms with Gasteiger partial charge in [-0.15, -0.1) is 0 Å². The summed E-state index contributed by atoms with van der Waals surface area (Å²) in [5, 5.41) is 3.28. The van der Waals surface area contributed by atoms with Gasteiger partial charge in [0, 0.05) is 30.6 Å². The highest BCUT2D eigenvalue weighted by Crippen LogP contribution is 2.31. The zero-order valence-electron chi connectivity index (χ0n) is 12.0. The Balaban J connectivity index is 2.44. The fourth-order valence-electron chi connectivity index (χ4n) is 1.87. The van der Waals surface area contributed by atoms with Crippen LogP contribution in [0.4, 0.5) is 5.82 Å². The fraction of sp³-hybridized carbons (Fsp3) is 0.333. The van der Waals surface area contributed by atoms with E-state index in [2.05, 4.69) is 22.2 Å². The Labute approximate surface area is 119 Å². The summed E-state index contributed by atoms with van der Waals surface area (Å²) < 4.78 is 10.6. The second kappa shape index (κ2) is 6.75. The summed E-state index contributed by atoms with van der Waals surface area (Å²) in [5.74, 6) is 2.22. The fourth-order valence-corrected chi connectivity index (χ4v) is 1.87. The standard InChI is InChI=1S/C15H19N3O2/c1-4-5-17-15-14(16-6-7-18-15)11-8-12(19-2)10-13(9-11)20-3/h6-10H,4-5H2,1-3H3,(H,17,18). The van der Waals surface area contributed by atoms with Crippen molar-refractivity contribution in [2.24, 2.45) is 0 Å². The van der Waals surface area contributed by atoms with Gasteiger partial charge in [-0.2, -0.15) is 0 Å². The number of nitrogens with one attached hydrogen (secondary N) is 1. The summed E-state index contributed by atoms with van der Waals surface area (Å²) in [6.45, 7) is 2.96. The van der Waals surface area contributed by atoms with Crippen molar-refractivity contribution in [1.82, 2.24) is 9.97 Å². The average Bonchev–Trinajstić information content (AvgIpc) is 2.52. The van der Waals surface area contributed by atoms with E-state index in [-0.39, 0.29) is 0 Å². The van der Waals surface area contributed by atoms with Gasteiger partial charge in [0.1, 0.15) is 17.2 Å². The molecule has 1 heterocycles. The number of hydrogen-bond donors (Lipinski definition) is 1. The smallest absolute Gasteiger partial charge is 0.152 e. The second-order valence-corrected chi connectivity index (χ2v) is 4.28. The Kier molecular flexibility index (Phi) is 4.76. The van der Waals surface area contributed by atoms with Gasteiger partial charge >= 0.3 is 0 Å². The highest BCUT2D eigenvalue weighted by molar-refractivity contribution is 5.73. The molecule has 0 bridgehead atoms. The maximum absolute atomic E-state index is 5.29. The lowest BCUT2D eigenvalue weighted by Crippen LogP contribution is -2.04. The van der Waals surface area contributed by atoms with E-state index in [0.29, 0.717) is 0 Å². The first-order chi connectivity index (χ1) is 9.78. The first-order valence-corrected chi connectivity index (χ1v) is 6.56. The van der Waals surface area contributed by atoms with Gasteiger partial charge in [-0.05, 0) is 18.6 Å². The van der Waals surface area contributed by atoms with E-state index in [4.69, 9.17) is 9.47 Å². The molecule has 0 fully saturated rings. The minimum Gasteiger partial charge on any atom is -0.497 e. The van der Waals surface area contributed by atoms with Gasteiger partial charge in [0.15, 0.2) is 5.82 Å². The van der Waals surface area contributed by atoms with Crippen LogP contribution in [0.3, 0.4) is 0 Å². The number of rotatable bonds is 6. The van der Waals surface area contributed by atoms with Crippen LogP contribution < -0.4 is 14.8 Å². The number of anilines is 1. The van der Waals surface area contributed by atoms with Gasteiger partial charge in [-0.1, -0.05) is 6.92 Å². The van der Waals surface area contributed by atoms with Crippen LogP contribution in [-0.2, 0) is 0 Å². The predicted molar refractivity (Wildman–Crippen MR) is 79.4 cm³/mol. The highest BCUT2D eigenvalue weighted by atomic mass is 16.5. The molecule has 20 heavy (non-hydrogen) atoms. The van der Waals surface area contributed by atoms with Crippen molar-refractivity contribution < 1.29 is 9.47 Å². The molecule has 0 saturated heterocycles. The molecule has 0 unspecified atom stereocenters. The Hall–Kier alpha value is -2.30. The minimum atomic E-state index is 0.728. The van der Waals surface area contributed by atoms with Crippen molar-refractivity contribution in [3.8, 4) is 22.8 Å². The molecule has 0 aliphatic heterocycles. The van der Waals surface area contributed by atoms with Crippen LogP contribution in [0, 0.1) is 0 Å². The lowest BCUT2D eigenvalue weighted by molar-refractivity contribution is 0.394. The van der Waals surface area contributed by atoms with Gasteiger partial charge in [0.2, 0.25) is 0 Å². The van der Waals surface area contributed by atoms with E-state index in [9.17, 15) is 0 Å². The van der Waals surface area contributed by atoms with Crippen LogP contribution in [0.15, 0.2) is 30.6 Å². The summed E-state index contributed by atoms with van der Waals surface area (Å²) in [4.78, 5) is 8.76. The minimum absolute atomic E-state index is 0.728. The van der Waals surface area contributed by atoms with E-state index in [1.807, 2.05) is 18.2 Å². The SMILES string of the molecule is CCCNc1nccnc1-c1cc(OC)cc(OC)c1. The van der Waals surface area contributed by atoms with Gasteiger partial charge in [-0.3, -0.25) is 4.98 Å². The van der Waals surface area contributed by atoms with E-state index in [1.165, 1.54) is 0 Å². The number of ether oxygens (including phenoxy) is 2. The third-order valence-corrected chi connectivity index (χ3v) is 2.87. The lowest BCUT2D eigenvalue weighted by Gasteiger charge is -2.11.